The lowest BCUT2D eigenvalue weighted by molar-refractivity contribution is 0.0846. The van der Waals surface area contributed by atoms with Crippen LogP contribution in [0.4, 0.5) is 17.5 Å². The lowest BCUT2D eigenvalue weighted by Crippen LogP contribution is -2.33. The molecule has 142 valence electrons. The monoisotopic (exact) mass is 400 g/mol. The molecule has 10 heteroatoms. The van der Waals surface area contributed by atoms with E-state index in [2.05, 4.69) is 25.5 Å². The quantitative estimate of drug-likeness (QED) is 0.329. The number of hydrogen-bond acceptors (Lipinski definition) is 8. The molecule has 1 fully saturated rings. The molecule has 1 aliphatic carbocycles. The smallest absolute Gasteiger partial charge is 0.223 e. The number of anilines is 2. The SMILES string of the molecule is CC(Cl)=CC=C(C)N=Nc1c(Cl)nc(N)nc1NC1CCC(CO)C1O. The molecule has 26 heavy (non-hydrogen) atoms. The molecule has 8 nitrogen and oxygen atoms in total. The Morgan fingerprint density at radius 3 is 2.69 bits per heavy atom. The highest BCUT2D eigenvalue weighted by Crippen LogP contribution is 2.35. The normalized spacial score (nSPS) is 24.5. The molecule has 3 unspecified atom stereocenters. The Kier molecular flexibility index (Phi) is 7.33. The van der Waals surface area contributed by atoms with E-state index in [1.807, 2.05) is 0 Å². The second kappa shape index (κ2) is 9.27. The van der Waals surface area contributed by atoms with E-state index in [1.54, 1.807) is 26.0 Å². The molecule has 1 aromatic heterocycles. The van der Waals surface area contributed by atoms with E-state index in [0.717, 1.165) is 0 Å². The summed E-state index contributed by atoms with van der Waals surface area (Å²) in [4.78, 5) is 8.02. The number of aromatic nitrogens is 2. The molecule has 5 N–H and O–H groups in total. The van der Waals surface area contributed by atoms with Crippen molar-refractivity contribution in [2.24, 2.45) is 16.1 Å². The number of rotatable bonds is 6. The van der Waals surface area contributed by atoms with Gasteiger partial charge in [-0.25, -0.2) is 0 Å². The van der Waals surface area contributed by atoms with Crippen LogP contribution in [0.3, 0.4) is 0 Å². The van der Waals surface area contributed by atoms with Crippen LogP contribution in [0.15, 0.2) is 33.1 Å². The molecule has 0 bridgehead atoms. The van der Waals surface area contributed by atoms with E-state index in [0.29, 0.717) is 23.6 Å². The number of nitrogen functional groups attached to an aromatic ring is 1. The van der Waals surface area contributed by atoms with E-state index < -0.39 is 6.10 Å². The summed E-state index contributed by atoms with van der Waals surface area (Å²) >= 11 is 11.9. The van der Waals surface area contributed by atoms with Gasteiger partial charge in [0.2, 0.25) is 5.95 Å². The first-order valence-corrected chi connectivity index (χ1v) is 8.88. The molecule has 0 amide bonds. The Balaban J connectivity index is 2.27. The van der Waals surface area contributed by atoms with Crippen LogP contribution >= 0.6 is 23.2 Å². The molecule has 2 rings (SSSR count). The minimum Gasteiger partial charge on any atom is -0.396 e. The molecule has 0 saturated heterocycles. The van der Waals surface area contributed by atoms with Crippen LogP contribution in [0.25, 0.3) is 0 Å². The summed E-state index contributed by atoms with van der Waals surface area (Å²) in [6.45, 7) is 3.43. The zero-order chi connectivity index (χ0) is 19.3. The fourth-order valence-electron chi connectivity index (χ4n) is 2.63. The zero-order valence-corrected chi connectivity index (χ0v) is 16.0. The molecular weight excluding hydrogens is 379 g/mol. The molecule has 1 aromatic rings. The molecule has 3 atom stereocenters. The maximum Gasteiger partial charge on any atom is 0.223 e. The molecule has 1 heterocycles. The van der Waals surface area contributed by atoms with Gasteiger partial charge in [-0.15, -0.1) is 5.11 Å². The third-order valence-corrected chi connectivity index (χ3v) is 4.41. The van der Waals surface area contributed by atoms with Crippen LogP contribution < -0.4 is 11.1 Å². The Morgan fingerprint density at radius 1 is 1.35 bits per heavy atom. The summed E-state index contributed by atoms with van der Waals surface area (Å²) in [5.41, 5.74) is 6.50. The van der Waals surface area contributed by atoms with Gasteiger partial charge in [-0.05, 0) is 38.8 Å². The van der Waals surface area contributed by atoms with E-state index >= 15 is 0 Å². The minimum atomic E-state index is -0.710. The molecule has 0 aromatic carbocycles. The fourth-order valence-corrected chi connectivity index (χ4v) is 2.90. The number of nitrogens with two attached hydrogens (primary N) is 1. The summed E-state index contributed by atoms with van der Waals surface area (Å²) in [6.07, 6.45) is 4.06. The van der Waals surface area contributed by atoms with Gasteiger partial charge in [0, 0.05) is 17.6 Å². The van der Waals surface area contributed by atoms with Gasteiger partial charge in [0.05, 0.1) is 17.8 Å². The van der Waals surface area contributed by atoms with Crippen molar-refractivity contribution < 1.29 is 10.2 Å². The van der Waals surface area contributed by atoms with Crippen molar-refractivity contribution in [2.75, 3.05) is 17.7 Å². The first-order valence-electron chi connectivity index (χ1n) is 8.12. The number of nitrogens with zero attached hydrogens (tertiary/aromatic N) is 4. The number of halogens is 2. The highest BCUT2D eigenvalue weighted by molar-refractivity contribution is 6.32. The predicted molar refractivity (Wildman–Crippen MR) is 103 cm³/mol. The van der Waals surface area contributed by atoms with Crippen molar-refractivity contribution in [3.05, 3.63) is 28.0 Å². The molecular formula is C16H22Cl2N6O2. The lowest BCUT2D eigenvalue weighted by atomic mass is 10.1. The van der Waals surface area contributed by atoms with Gasteiger partial charge in [-0.1, -0.05) is 23.2 Å². The average molecular weight is 401 g/mol. The van der Waals surface area contributed by atoms with E-state index in [-0.39, 0.29) is 41.2 Å². The van der Waals surface area contributed by atoms with Crippen LogP contribution in [0.2, 0.25) is 5.15 Å². The summed E-state index contributed by atoms with van der Waals surface area (Å²) in [7, 11) is 0. The lowest BCUT2D eigenvalue weighted by Gasteiger charge is -2.20. The van der Waals surface area contributed by atoms with Gasteiger partial charge in [-0.2, -0.15) is 15.1 Å². The number of allylic oxidation sites excluding steroid dienone is 4. The number of hydrogen-bond donors (Lipinski definition) is 4. The van der Waals surface area contributed by atoms with Crippen molar-refractivity contribution >= 4 is 40.7 Å². The number of nitrogens with one attached hydrogen (secondary N) is 1. The van der Waals surface area contributed by atoms with Crippen LogP contribution in [-0.2, 0) is 0 Å². The van der Waals surface area contributed by atoms with Crippen molar-refractivity contribution in [1.29, 1.82) is 0 Å². The maximum absolute atomic E-state index is 10.3. The van der Waals surface area contributed by atoms with E-state index in [1.165, 1.54) is 0 Å². The van der Waals surface area contributed by atoms with Crippen LogP contribution in [0.1, 0.15) is 26.7 Å². The number of azo groups is 1. The first-order chi connectivity index (χ1) is 12.3. The van der Waals surface area contributed by atoms with E-state index in [4.69, 9.17) is 28.9 Å². The highest BCUT2D eigenvalue weighted by atomic mass is 35.5. The summed E-state index contributed by atoms with van der Waals surface area (Å²) in [5.74, 6) is 0.0874. The minimum absolute atomic E-state index is 0.0180. The van der Waals surface area contributed by atoms with Crippen molar-refractivity contribution in [1.82, 2.24) is 9.97 Å². The van der Waals surface area contributed by atoms with Gasteiger partial charge in [0.1, 0.15) is 0 Å². The first kappa shape index (κ1) is 20.6. The van der Waals surface area contributed by atoms with Crippen LogP contribution in [0.5, 0.6) is 0 Å². The third kappa shape index (κ3) is 5.38. The highest BCUT2D eigenvalue weighted by Gasteiger charge is 2.35. The summed E-state index contributed by atoms with van der Waals surface area (Å²) in [5, 5.41) is 31.5. The van der Waals surface area contributed by atoms with Gasteiger partial charge in [0.25, 0.3) is 0 Å². The molecule has 0 spiro atoms. The number of aliphatic hydroxyl groups is 2. The predicted octanol–water partition coefficient (Wildman–Crippen LogP) is 3.39. The maximum atomic E-state index is 10.3. The van der Waals surface area contributed by atoms with Crippen LogP contribution in [-0.4, -0.2) is 38.9 Å². The topological polar surface area (TPSA) is 129 Å². The number of aliphatic hydroxyl groups excluding tert-OH is 2. The fraction of sp³-hybridized carbons (Fsp3) is 0.500. The summed E-state index contributed by atoms with van der Waals surface area (Å²) < 4.78 is 0. The van der Waals surface area contributed by atoms with Gasteiger partial charge in [0.15, 0.2) is 16.7 Å². The molecule has 0 aliphatic heterocycles. The Labute approximate surface area is 161 Å². The molecule has 1 aliphatic rings. The van der Waals surface area contributed by atoms with Gasteiger partial charge < -0.3 is 21.3 Å². The molecule has 1 saturated carbocycles. The molecule has 0 radical (unpaired) electrons. The second-order valence-electron chi connectivity index (χ2n) is 6.09. The standard InChI is InChI=1S/C16H22Cl2N6O2/c1-8(17)3-4-9(2)23-24-12-14(18)21-16(19)22-15(12)20-11-6-5-10(7-25)13(11)26/h3-4,10-11,13,25-26H,5-7H2,1-2H3,(H3,19,20,21,22). The third-order valence-electron chi connectivity index (χ3n) is 4.02. The Morgan fingerprint density at radius 2 is 2.08 bits per heavy atom. The Bertz CT molecular complexity index is 734. The van der Waals surface area contributed by atoms with Gasteiger partial charge in [-0.3, -0.25) is 0 Å². The average Bonchev–Trinajstić information content (AvgIpc) is 2.92. The van der Waals surface area contributed by atoms with E-state index in [9.17, 15) is 10.2 Å². The zero-order valence-electron chi connectivity index (χ0n) is 14.5. The second-order valence-corrected chi connectivity index (χ2v) is 7.05. The van der Waals surface area contributed by atoms with Crippen molar-refractivity contribution in [3.63, 3.8) is 0 Å². The van der Waals surface area contributed by atoms with Crippen LogP contribution in [0, 0.1) is 5.92 Å². The van der Waals surface area contributed by atoms with Crippen molar-refractivity contribution in [2.45, 2.75) is 38.8 Å². The summed E-state index contributed by atoms with van der Waals surface area (Å²) in [6, 6.07) is -0.301. The Hall–Kier alpha value is -1.74. The van der Waals surface area contributed by atoms with Crippen molar-refractivity contribution in [3.8, 4) is 0 Å². The largest absolute Gasteiger partial charge is 0.396 e. The van der Waals surface area contributed by atoms with Gasteiger partial charge >= 0.3 is 0 Å².